The van der Waals surface area contributed by atoms with Gasteiger partial charge in [0.1, 0.15) is 63.6 Å². The van der Waals surface area contributed by atoms with Crippen molar-refractivity contribution < 1.29 is 62.6 Å². The van der Waals surface area contributed by atoms with E-state index in [4.69, 9.17) is 5.11 Å². The van der Waals surface area contributed by atoms with Crippen LogP contribution in [0.2, 0.25) is 0 Å². The van der Waals surface area contributed by atoms with Gasteiger partial charge in [0, 0.05) is 0 Å². The molecule has 4 fully saturated rings. The molecule has 4 saturated carbocycles. The Kier molecular flexibility index (Phi) is 113. The fourth-order valence-electron chi connectivity index (χ4n) is 16.0. The van der Waals surface area contributed by atoms with Crippen molar-refractivity contribution in [3.63, 3.8) is 0 Å². The third-order valence-corrected chi connectivity index (χ3v) is 27.5. The van der Waals surface area contributed by atoms with Crippen molar-refractivity contribution in [2.45, 2.75) is 491 Å². The van der Waals surface area contributed by atoms with Crippen molar-refractivity contribution in [1.29, 1.82) is 0 Å². The van der Waals surface area contributed by atoms with Gasteiger partial charge in [-0.3, -0.25) is 57.5 Å². The number of carbonyl (C=O) groups is 12. The van der Waals surface area contributed by atoms with Crippen LogP contribution in [-0.2, 0) is 70.4 Å². The summed E-state index contributed by atoms with van der Waals surface area (Å²) in [5.41, 5.74) is 5.60. The molecular formula is C122H244N12O13. The second-order valence-electron chi connectivity index (χ2n) is 39.4. The van der Waals surface area contributed by atoms with Crippen molar-refractivity contribution in [2.24, 2.45) is 17.3 Å². The lowest BCUT2D eigenvalue weighted by molar-refractivity contribution is -0.125. The predicted octanol–water partition coefficient (Wildman–Crippen LogP) is 23.6. The molecule has 0 saturated heterocycles. The number of nitrogens with one attached hydrogen (secondary N) is 12. The highest BCUT2D eigenvalue weighted by Gasteiger charge is 2.45. The third-order valence-electron chi connectivity index (χ3n) is 27.5. The summed E-state index contributed by atoms with van der Waals surface area (Å²) in [5, 5.41) is 44.8. The van der Waals surface area contributed by atoms with Crippen LogP contribution in [0.25, 0.3) is 16.7 Å². The zero-order valence-corrected chi connectivity index (χ0v) is 91.3. The molecule has 3 aromatic carbocycles. The molecule has 0 bridgehead atoms. The van der Waals surface area contributed by atoms with Crippen LogP contribution in [0.15, 0.2) is 84.9 Å². The molecule has 25 heteroatoms. The van der Waals surface area contributed by atoms with E-state index in [1.807, 2.05) is 109 Å². The van der Waals surface area contributed by atoms with Crippen LogP contribution in [0.1, 0.15) is 426 Å². The highest BCUT2D eigenvalue weighted by Crippen LogP contribution is 2.37. The van der Waals surface area contributed by atoms with Gasteiger partial charge in [0.15, 0.2) is 5.78 Å². The second-order valence-corrected chi connectivity index (χ2v) is 39.4. The molecule has 5 aliphatic carbocycles. The van der Waals surface area contributed by atoms with Gasteiger partial charge in [-0.25, -0.2) is 0 Å². The van der Waals surface area contributed by atoms with Crippen molar-refractivity contribution in [1.82, 2.24) is 63.8 Å². The Labute approximate surface area is 908 Å². The van der Waals surface area contributed by atoms with Gasteiger partial charge >= 0.3 is 0 Å². The summed E-state index contributed by atoms with van der Waals surface area (Å²) < 4.78 is 0. The number of benzene rings is 3. The number of fused-ring (bicyclic) bond motifs is 1. The Balaban J connectivity index is -0.0000000912. The molecule has 8 atom stereocenters. The van der Waals surface area contributed by atoms with Crippen LogP contribution in [0.5, 0.6) is 0 Å². The van der Waals surface area contributed by atoms with Gasteiger partial charge in [0.25, 0.3) is 0 Å². The van der Waals surface area contributed by atoms with Crippen molar-refractivity contribution in [3.8, 4) is 11.1 Å². The topological polar surface area (TPSA) is 369 Å². The molecule has 0 heterocycles. The maximum atomic E-state index is 11.7. The first-order chi connectivity index (χ1) is 63.1. The number of likely N-dealkylation sites (N-methyl/N-ethyl adjacent to an activating group) is 12. The van der Waals surface area contributed by atoms with Gasteiger partial charge in [-0.15, -0.1) is 0 Å². The standard InChI is InChI=1S/C17H19NO.C15H19NO.C12H23NO.C9H17NO.C9H19NO.C8H15NO.2C8H17NO.C6H13NO2.C6H11NO.2C6H13NO.12CH4/c1-13(19)17(18-2)12-14-8-10-16(11-9-14)15-6-4-3-5-7-15;1-11(17)15(2,16-3)10-13-9-8-12-6-4-5-7-14(12)13;1-10(14)12(13-2)9-8-11-6-4-3-5-7-11;1-8(11)9(10-2)6-4-3-5-7-9;1-7(2)5-6-9(10-4)8(3)11;1-7(10)8(9-2)5-3-4-6-8;1-6(10)7(9-5)8(2,3)4;1-4-5-6-8(9-3)7(2)10;1-5(9)6(2,4-8)7-3;1-5(8)6(7-2)3-4-6;1-5(8)6(2,3)7-4;1-4-6(7-3)5(2)8;;;;;;;;;;;;/h3-11,17-18H,12H2,1-2H3;4-7,9,16H,8,10H2,1-3H3;11-13H,3-9H2,1-2H3;10H,3-7H2,1-2H3;7,9-10H,5-6H2,1-4H3;9H,3-6H2,1-2H3;7,9H,1-5H3;8-9H,4-6H2,1-3H3;7-8H,4H2,1-3H3;7H,3-4H2,1-2H3;7H,1-4H3;6-7H,4H2,1-3H3;12*1H4/t17-;15-;12-;;9-;;7-;8-;6-;;;6-;;;;;;;;;;;;/m000.0.100..0............/s1. The van der Waals surface area contributed by atoms with E-state index in [9.17, 15) is 57.5 Å². The van der Waals surface area contributed by atoms with Crippen LogP contribution in [0.4, 0.5) is 0 Å². The minimum Gasteiger partial charge on any atom is -0.394 e. The molecule has 0 radical (unpaired) electrons. The highest BCUT2D eigenvalue weighted by atomic mass is 16.3. The Hall–Kier alpha value is -7.08. The number of ketones is 12. The van der Waals surface area contributed by atoms with Crippen LogP contribution in [-0.4, -0.2) is 235 Å². The summed E-state index contributed by atoms with van der Waals surface area (Å²) in [5.74, 6) is 4.13. The summed E-state index contributed by atoms with van der Waals surface area (Å²) in [6.45, 7) is 41.3. The maximum absolute atomic E-state index is 11.7. The molecule has 147 heavy (non-hydrogen) atoms. The molecule has 8 rings (SSSR count). The minimum atomic E-state index is -0.750. The Morgan fingerprint density at radius 1 is 0.374 bits per heavy atom. The van der Waals surface area contributed by atoms with Gasteiger partial charge in [-0.05, 0) is 342 Å². The smallest absolute Gasteiger partial charge is 0.151 e. The summed E-state index contributed by atoms with van der Waals surface area (Å²) in [4.78, 5) is 132. The molecule has 870 valence electrons. The number of Topliss-reactive ketones (excluding diaryl/α,β-unsaturated/α-hetero) is 12. The molecule has 0 unspecified atom stereocenters. The number of unbranched alkanes of at least 4 members (excludes halogenated alkanes) is 1. The Morgan fingerprint density at radius 2 is 0.728 bits per heavy atom. The Morgan fingerprint density at radius 3 is 0.986 bits per heavy atom. The fraction of sp³-hybridized carbons (Fsp3) is 0.738. The van der Waals surface area contributed by atoms with Crippen LogP contribution in [0.3, 0.4) is 0 Å². The third kappa shape index (κ3) is 71.4. The normalized spacial score (nSPS) is 15.4. The Bertz CT molecular complexity index is 3870. The predicted molar refractivity (Wildman–Crippen MR) is 645 cm³/mol. The largest absolute Gasteiger partial charge is 0.394 e. The van der Waals surface area contributed by atoms with E-state index < -0.39 is 11.1 Å². The number of aliphatic hydroxyl groups is 1. The summed E-state index contributed by atoms with van der Waals surface area (Å²) in [6.07, 6.45) is 32.4. The van der Waals surface area contributed by atoms with Gasteiger partial charge in [-0.1, -0.05) is 300 Å². The fourth-order valence-corrected chi connectivity index (χ4v) is 16.0. The van der Waals surface area contributed by atoms with Crippen molar-refractivity contribution >= 4 is 75.0 Å². The monoisotopic (exact) mass is 2090 g/mol. The summed E-state index contributed by atoms with van der Waals surface area (Å²) in [7, 11) is 21.9. The van der Waals surface area contributed by atoms with Crippen LogP contribution >= 0.6 is 0 Å². The van der Waals surface area contributed by atoms with Crippen molar-refractivity contribution in [3.05, 3.63) is 102 Å². The summed E-state index contributed by atoms with van der Waals surface area (Å²) in [6, 6.07) is 27.3. The first kappa shape index (κ1) is 176. The van der Waals surface area contributed by atoms with Crippen molar-refractivity contribution in [2.75, 3.05) is 91.2 Å². The first-order valence-electron chi connectivity index (χ1n) is 49.9. The lowest BCUT2D eigenvalue weighted by atomic mass is 9.79. The average Bonchev–Trinajstić information content (AvgIpc) is 1.65. The quantitative estimate of drug-likeness (QED) is 0.0251. The van der Waals surface area contributed by atoms with Crippen LogP contribution < -0.4 is 63.8 Å². The minimum absolute atomic E-state index is 0. The van der Waals surface area contributed by atoms with Gasteiger partial charge < -0.3 is 68.9 Å². The zero-order valence-electron chi connectivity index (χ0n) is 91.3. The van der Waals surface area contributed by atoms with E-state index >= 15 is 0 Å². The van der Waals surface area contributed by atoms with E-state index in [1.54, 1.807) is 104 Å². The SMILES string of the molecule is C.C.C.C.C.C.C.C.C.C.C.C.CCCC[C@H](NC)C(C)=O.CC[C@H](NC)C(C)=O.CNC(C)(C)C(C)=O.CNC1(C(C)=O)CC1.CNC1(C(C)=O)CCCC1.CNC1(C(C)=O)CCCCC1.CN[C@@H](CCC(C)C)C(C)=O.CN[C@@H](CCC1CCCCC1)C(C)=O.CN[C@@H](Cc1ccc(-c2ccccc2)cc1)C(C)=O.CN[C@@](C)(CC1=CCc2ccccc21)C(C)=O.CN[C@@](C)(CO)C(C)=O.CN[C@H](C(C)=O)C(C)(C)C. The van der Waals surface area contributed by atoms with E-state index in [-0.39, 0.29) is 217 Å². The highest BCUT2D eigenvalue weighted by molar-refractivity contribution is 5.91. The molecule has 0 spiro atoms. The maximum Gasteiger partial charge on any atom is 0.151 e. The average molecular weight is 2090 g/mol. The van der Waals surface area contributed by atoms with E-state index in [0.29, 0.717) is 17.5 Å². The summed E-state index contributed by atoms with van der Waals surface area (Å²) >= 11 is 0. The zero-order chi connectivity index (χ0) is 105. The number of hydrogen-bond donors (Lipinski definition) is 13. The molecule has 0 amide bonds. The van der Waals surface area contributed by atoms with E-state index in [1.165, 1.54) is 111 Å². The van der Waals surface area contributed by atoms with Crippen LogP contribution in [0, 0.1) is 17.3 Å². The number of rotatable bonds is 40. The second kappa shape index (κ2) is 94.8. The molecule has 5 aliphatic rings. The molecular weight excluding hydrogens is 1840 g/mol. The van der Waals surface area contributed by atoms with Gasteiger partial charge in [-0.2, -0.15) is 0 Å². The molecule has 0 aromatic heterocycles. The molecule has 3 aromatic rings. The van der Waals surface area contributed by atoms with E-state index in [2.05, 4.69) is 172 Å². The van der Waals surface area contributed by atoms with Gasteiger partial charge in [0.2, 0.25) is 0 Å². The molecule has 13 N–H and O–H groups in total. The van der Waals surface area contributed by atoms with E-state index in [0.717, 1.165) is 109 Å². The van der Waals surface area contributed by atoms with Gasteiger partial charge in [0.05, 0.1) is 76.1 Å². The first-order valence-corrected chi connectivity index (χ1v) is 49.9. The lowest BCUT2D eigenvalue weighted by Crippen LogP contribution is -2.50. The number of allylic oxidation sites excluding steroid dienone is 1. The molecule has 25 nitrogen and oxygen atoms in total. The molecule has 0 aliphatic heterocycles. The number of hydrogen-bond acceptors (Lipinski definition) is 25. The number of aliphatic hydroxyl groups excluding tert-OH is 1. The number of carbonyl (C=O) groups excluding carboxylic acids is 12. The lowest BCUT2D eigenvalue weighted by Gasteiger charge is -2.34.